The van der Waals surface area contributed by atoms with Gasteiger partial charge in [0.15, 0.2) is 4.90 Å². The Kier molecular flexibility index (Phi) is 4.58. The summed E-state index contributed by atoms with van der Waals surface area (Å²) in [5, 5.41) is 11.2. The average Bonchev–Trinajstić information content (AvgIpc) is 2.62. The van der Waals surface area contributed by atoms with Crippen LogP contribution in [0.1, 0.15) is 25.8 Å². The second-order valence-corrected chi connectivity index (χ2v) is 8.74. The van der Waals surface area contributed by atoms with Crippen LogP contribution < -0.4 is 0 Å². The van der Waals surface area contributed by atoms with E-state index in [0.717, 1.165) is 11.1 Å². The normalized spacial score (nSPS) is 16.8. The van der Waals surface area contributed by atoms with Crippen LogP contribution in [0.25, 0.3) is 5.57 Å². The van der Waals surface area contributed by atoms with Crippen LogP contribution in [0.15, 0.2) is 65.7 Å². The number of sulfonamides is 1. The fourth-order valence-corrected chi connectivity index (χ4v) is 4.62. The zero-order valence-electron chi connectivity index (χ0n) is 14.6. The maximum absolute atomic E-state index is 13.1. The largest absolute Gasteiger partial charge is 0.289 e. The van der Waals surface area contributed by atoms with Crippen LogP contribution in [0.2, 0.25) is 0 Å². The van der Waals surface area contributed by atoms with E-state index in [2.05, 4.69) is 13.8 Å². The second kappa shape index (κ2) is 6.57. The first kappa shape index (κ1) is 18.1. The first-order valence-electron chi connectivity index (χ1n) is 8.26. The molecule has 2 aromatic rings. The van der Waals surface area contributed by atoms with Gasteiger partial charge < -0.3 is 0 Å². The number of rotatable bonds is 4. The van der Waals surface area contributed by atoms with E-state index < -0.39 is 20.6 Å². The van der Waals surface area contributed by atoms with Gasteiger partial charge in [-0.05, 0) is 29.0 Å². The van der Waals surface area contributed by atoms with Crippen LogP contribution in [0.3, 0.4) is 0 Å². The highest BCUT2D eigenvalue weighted by atomic mass is 32.2. The highest BCUT2D eigenvalue weighted by Crippen LogP contribution is 2.42. The maximum Gasteiger partial charge on any atom is 0.289 e. The van der Waals surface area contributed by atoms with Crippen LogP contribution in [0.5, 0.6) is 0 Å². The molecule has 0 atom stereocenters. The molecule has 0 unspecified atom stereocenters. The molecule has 0 aromatic heterocycles. The number of hydrogen-bond acceptors (Lipinski definition) is 4. The summed E-state index contributed by atoms with van der Waals surface area (Å²) in [5.74, 6) is 0. The summed E-state index contributed by atoms with van der Waals surface area (Å²) in [6.07, 6.45) is 2.23. The molecule has 1 aliphatic heterocycles. The van der Waals surface area contributed by atoms with Crippen molar-refractivity contribution in [3.8, 4) is 0 Å². The predicted octanol–water partition coefficient (Wildman–Crippen LogP) is 4.06. The van der Waals surface area contributed by atoms with Crippen molar-refractivity contribution in [2.24, 2.45) is 5.41 Å². The maximum atomic E-state index is 13.1. The van der Waals surface area contributed by atoms with Crippen molar-refractivity contribution in [2.75, 3.05) is 6.54 Å². The Hall–Kier alpha value is -2.67. The van der Waals surface area contributed by atoms with Gasteiger partial charge in [0.2, 0.25) is 0 Å². The summed E-state index contributed by atoms with van der Waals surface area (Å²) in [7, 11) is -4.01. The third kappa shape index (κ3) is 3.22. The number of nitro groups is 1. The van der Waals surface area contributed by atoms with Crippen LogP contribution in [0.4, 0.5) is 5.69 Å². The van der Waals surface area contributed by atoms with Crippen LogP contribution >= 0.6 is 0 Å². The van der Waals surface area contributed by atoms with E-state index in [1.165, 1.54) is 28.6 Å². The van der Waals surface area contributed by atoms with Gasteiger partial charge >= 0.3 is 0 Å². The first-order chi connectivity index (χ1) is 12.2. The first-order valence-corrected chi connectivity index (χ1v) is 9.70. The smallest absolute Gasteiger partial charge is 0.273 e. The van der Waals surface area contributed by atoms with E-state index in [9.17, 15) is 18.5 Å². The van der Waals surface area contributed by atoms with Crippen molar-refractivity contribution < 1.29 is 13.3 Å². The predicted molar refractivity (Wildman–Crippen MR) is 99.8 cm³/mol. The summed E-state index contributed by atoms with van der Waals surface area (Å²) < 4.78 is 27.4. The van der Waals surface area contributed by atoms with Crippen molar-refractivity contribution >= 4 is 21.3 Å². The number of para-hydroxylation sites is 1. The Bertz CT molecular complexity index is 966. The fraction of sp³-hybridized carbons (Fsp3) is 0.263. The van der Waals surface area contributed by atoms with Crippen molar-refractivity contribution in [1.29, 1.82) is 0 Å². The quantitative estimate of drug-likeness (QED) is 0.599. The number of nitrogens with zero attached hydrogens (tertiary/aromatic N) is 2. The average molecular weight is 372 g/mol. The minimum atomic E-state index is -4.01. The molecule has 3 rings (SSSR count). The SMILES string of the molecule is CC1(C)CCN(S(=O)(=O)c2ccccc2[N+](=O)[O-])C=C1c1ccccc1. The molecule has 1 heterocycles. The lowest BCUT2D eigenvalue weighted by Gasteiger charge is -2.37. The van der Waals surface area contributed by atoms with Crippen molar-refractivity contribution in [3.63, 3.8) is 0 Å². The molecule has 0 fully saturated rings. The third-order valence-corrected chi connectivity index (χ3v) is 6.50. The van der Waals surface area contributed by atoms with E-state index in [1.54, 1.807) is 6.20 Å². The van der Waals surface area contributed by atoms with Gasteiger partial charge in [-0.15, -0.1) is 0 Å². The molecule has 2 aromatic carbocycles. The molecule has 0 radical (unpaired) electrons. The number of hydrogen-bond donors (Lipinski definition) is 0. The summed E-state index contributed by atoms with van der Waals surface area (Å²) in [4.78, 5) is 10.3. The zero-order valence-corrected chi connectivity index (χ0v) is 15.4. The second-order valence-electron chi connectivity index (χ2n) is 6.88. The Labute approximate surface area is 153 Å². The van der Waals surface area contributed by atoms with E-state index in [1.807, 2.05) is 30.3 Å². The highest BCUT2D eigenvalue weighted by Gasteiger charge is 2.36. The molecular formula is C19H20N2O4S. The summed E-state index contributed by atoms with van der Waals surface area (Å²) in [5.41, 5.74) is 1.23. The fourth-order valence-electron chi connectivity index (χ4n) is 3.13. The summed E-state index contributed by atoms with van der Waals surface area (Å²) >= 11 is 0. The van der Waals surface area contributed by atoms with E-state index in [0.29, 0.717) is 6.42 Å². The van der Waals surface area contributed by atoms with Gasteiger partial charge in [-0.3, -0.25) is 14.4 Å². The molecule has 0 N–H and O–H groups in total. The van der Waals surface area contributed by atoms with Crippen molar-refractivity contribution in [3.05, 3.63) is 76.5 Å². The molecule has 0 saturated heterocycles. The van der Waals surface area contributed by atoms with Gasteiger partial charge in [0.05, 0.1) is 4.92 Å². The van der Waals surface area contributed by atoms with Crippen molar-refractivity contribution in [2.45, 2.75) is 25.2 Å². The number of benzene rings is 2. The van der Waals surface area contributed by atoms with Gasteiger partial charge in [0, 0.05) is 18.8 Å². The Morgan fingerprint density at radius 2 is 1.65 bits per heavy atom. The molecule has 6 nitrogen and oxygen atoms in total. The lowest BCUT2D eigenvalue weighted by molar-refractivity contribution is -0.387. The Morgan fingerprint density at radius 3 is 2.31 bits per heavy atom. The Balaban J connectivity index is 2.11. The van der Waals surface area contributed by atoms with E-state index in [-0.39, 0.29) is 16.9 Å². The molecule has 1 aliphatic rings. The van der Waals surface area contributed by atoms with E-state index in [4.69, 9.17) is 0 Å². The summed E-state index contributed by atoms with van der Waals surface area (Å²) in [6, 6.07) is 15.0. The monoisotopic (exact) mass is 372 g/mol. The molecule has 0 aliphatic carbocycles. The van der Waals surface area contributed by atoms with Gasteiger partial charge in [-0.1, -0.05) is 56.3 Å². The minimum Gasteiger partial charge on any atom is -0.273 e. The molecular weight excluding hydrogens is 352 g/mol. The van der Waals surface area contributed by atoms with Gasteiger partial charge in [0.1, 0.15) is 0 Å². The lowest BCUT2D eigenvalue weighted by Crippen LogP contribution is -2.35. The van der Waals surface area contributed by atoms with Gasteiger partial charge in [0.25, 0.3) is 15.7 Å². The lowest BCUT2D eigenvalue weighted by atomic mass is 9.76. The molecule has 0 amide bonds. The minimum absolute atomic E-state index is 0.198. The van der Waals surface area contributed by atoms with Crippen molar-refractivity contribution in [1.82, 2.24) is 4.31 Å². The Morgan fingerprint density at radius 1 is 1.04 bits per heavy atom. The van der Waals surface area contributed by atoms with Crippen LogP contribution in [0, 0.1) is 15.5 Å². The standard InChI is InChI=1S/C19H20N2O4S/c1-19(2)12-13-20(14-16(19)15-8-4-3-5-9-15)26(24,25)18-11-7-6-10-17(18)21(22)23/h3-11,14H,12-13H2,1-2H3. The van der Waals surface area contributed by atoms with Crippen LogP contribution in [-0.4, -0.2) is 24.2 Å². The number of nitro benzene ring substituents is 1. The third-order valence-electron chi connectivity index (χ3n) is 4.69. The highest BCUT2D eigenvalue weighted by molar-refractivity contribution is 7.89. The molecule has 136 valence electrons. The molecule has 7 heteroatoms. The summed E-state index contributed by atoms with van der Waals surface area (Å²) in [6.45, 7) is 4.42. The van der Waals surface area contributed by atoms with Gasteiger partial charge in [-0.2, -0.15) is 0 Å². The van der Waals surface area contributed by atoms with Gasteiger partial charge in [-0.25, -0.2) is 8.42 Å². The molecule has 0 spiro atoms. The molecule has 26 heavy (non-hydrogen) atoms. The van der Waals surface area contributed by atoms with Crippen LogP contribution in [-0.2, 0) is 10.0 Å². The zero-order chi connectivity index (χ0) is 18.9. The molecule has 0 bridgehead atoms. The van der Waals surface area contributed by atoms with E-state index >= 15 is 0 Å². The topological polar surface area (TPSA) is 80.5 Å². The number of allylic oxidation sites excluding steroid dienone is 1. The molecule has 0 saturated carbocycles.